The summed E-state index contributed by atoms with van der Waals surface area (Å²) in [6.45, 7) is 0. The molecule has 4 rings (SSSR count). The number of anilines is 3. The molecule has 3 aromatic rings. The third-order valence-electron chi connectivity index (χ3n) is 5.68. The van der Waals surface area contributed by atoms with E-state index in [2.05, 4.69) is 20.3 Å². The van der Waals surface area contributed by atoms with Gasteiger partial charge >= 0.3 is 18.2 Å². The minimum atomic E-state index is -4.53. The highest BCUT2D eigenvalue weighted by atomic mass is 19.4. The van der Waals surface area contributed by atoms with E-state index in [1.165, 1.54) is 49.5 Å². The van der Waals surface area contributed by atoms with Crippen molar-refractivity contribution in [3.05, 3.63) is 48.0 Å². The number of urea groups is 1. The Morgan fingerprint density at radius 3 is 2.50 bits per heavy atom. The largest absolute Gasteiger partial charge is 0.481 e. The topological polar surface area (TPSA) is 136 Å². The fraction of sp³-hybridized carbons (Fsp3) is 0.304. The SMILES string of the molecule is COc1cc(NC(=O)N(c2nc(-c3cccc(C(F)(F)F)c3)ccc2N)C2CC[C@H]2O)nc(OC)n1. The van der Waals surface area contributed by atoms with Gasteiger partial charge in [0.15, 0.2) is 5.82 Å². The fourth-order valence-electron chi connectivity index (χ4n) is 3.67. The molecular weight excluding hydrogens is 481 g/mol. The van der Waals surface area contributed by atoms with Crippen LogP contribution in [0.5, 0.6) is 11.9 Å². The summed E-state index contributed by atoms with van der Waals surface area (Å²) in [6, 6.07) is 7.49. The van der Waals surface area contributed by atoms with Gasteiger partial charge in [-0.2, -0.15) is 23.1 Å². The molecule has 2 amide bonds. The number of aromatic nitrogens is 3. The first-order chi connectivity index (χ1) is 17.1. The van der Waals surface area contributed by atoms with E-state index in [0.29, 0.717) is 12.8 Å². The van der Waals surface area contributed by atoms with Gasteiger partial charge in [0.1, 0.15) is 5.82 Å². The number of nitrogens with zero attached hydrogens (tertiary/aromatic N) is 4. The number of alkyl halides is 3. The van der Waals surface area contributed by atoms with Crippen LogP contribution in [-0.2, 0) is 6.18 Å². The number of methoxy groups -OCH3 is 2. The molecule has 1 fully saturated rings. The predicted octanol–water partition coefficient (Wildman–Crippen LogP) is 3.72. The highest BCUT2D eigenvalue weighted by Crippen LogP contribution is 2.36. The number of rotatable bonds is 6. The first-order valence-electron chi connectivity index (χ1n) is 10.8. The number of ether oxygens (including phenoxy) is 2. The van der Waals surface area contributed by atoms with Crippen LogP contribution in [0.4, 0.5) is 35.3 Å². The highest BCUT2D eigenvalue weighted by Gasteiger charge is 2.39. The number of benzene rings is 1. The Labute approximate surface area is 203 Å². The van der Waals surface area contributed by atoms with E-state index in [-0.39, 0.29) is 40.5 Å². The normalized spacial score (nSPS) is 17.2. The molecule has 36 heavy (non-hydrogen) atoms. The summed E-state index contributed by atoms with van der Waals surface area (Å²) in [4.78, 5) is 27.0. The Bertz CT molecular complexity index is 1250. The second kappa shape index (κ2) is 9.85. The van der Waals surface area contributed by atoms with Gasteiger partial charge in [-0.1, -0.05) is 12.1 Å². The van der Waals surface area contributed by atoms with Gasteiger partial charge in [-0.3, -0.25) is 10.2 Å². The van der Waals surface area contributed by atoms with Gasteiger partial charge in [-0.05, 0) is 37.1 Å². The molecule has 1 aliphatic rings. The van der Waals surface area contributed by atoms with E-state index >= 15 is 0 Å². The van der Waals surface area contributed by atoms with Crippen LogP contribution in [0, 0.1) is 0 Å². The van der Waals surface area contributed by atoms with Gasteiger partial charge in [0.05, 0.1) is 43.3 Å². The maximum atomic E-state index is 13.4. The number of nitrogens with one attached hydrogen (secondary N) is 1. The Morgan fingerprint density at radius 1 is 1.11 bits per heavy atom. The van der Waals surface area contributed by atoms with E-state index < -0.39 is 29.9 Å². The number of hydrogen-bond donors (Lipinski definition) is 3. The number of carbonyl (C=O) groups excluding carboxylic acids is 1. The van der Waals surface area contributed by atoms with Crippen molar-refractivity contribution in [1.82, 2.24) is 15.0 Å². The zero-order chi connectivity index (χ0) is 26.0. The summed E-state index contributed by atoms with van der Waals surface area (Å²) in [5.74, 6) is 0.172. The number of hydrogen-bond acceptors (Lipinski definition) is 8. The van der Waals surface area contributed by atoms with Crippen LogP contribution in [0.2, 0.25) is 0 Å². The van der Waals surface area contributed by atoms with E-state index in [9.17, 15) is 23.1 Å². The Kier molecular flexibility index (Phi) is 6.84. The summed E-state index contributed by atoms with van der Waals surface area (Å²) >= 11 is 0. The molecule has 1 unspecified atom stereocenters. The van der Waals surface area contributed by atoms with Crippen LogP contribution in [-0.4, -0.2) is 52.5 Å². The molecular formula is C23H23F3N6O4. The van der Waals surface area contributed by atoms with E-state index in [4.69, 9.17) is 15.2 Å². The van der Waals surface area contributed by atoms with Crippen LogP contribution in [0.15, 0.2) is 42.5 Å². The maximum absolute atomic E-state index is 13.4. The predicted molar refractivity (Wildman–Crippen MR) is 125 cm³/mol. The average Bonchev–Trinajstić information content (AvgIpc) is 2.85. The second-order valence-electron chi connectivity index (χ2n) is 7.98. The van der Waals surface area contributed by atoms with Gasteiger partial charge in [-0.15, -0.1) is 0 Å². The standard InChI is InChI=1S/C23H23F3N6O4/c1-35-19-11-18(29-21(31-19)36-2)30-22(34)32(16-8-9-17(16)33)20-14(27)6-7-15(28-20)12-4-3-5-13(10-12)23(24,25)26/h3-7,10-11,16-17,33H,8-9,27H2,1-2H3,(H,29,30,31,34)/t16?,17-/m1/s1. The van der Waals surface area contributed by atoms with E-state index in [0.717, 1.165) is 12.1 Å². The molecule has 2 aromatic heterocycles. The monoisotopic (exact) mass is 504 g/mol. The van der Waals surface area contributed by atoms with Crippen LogP contribution < -0.4 is 25.4 Å². The molecule has 2 heterocycles. The molecule has 1 aliphatic carbocycles. The van der Waals surface area contributed by atoms with Crippen LogP contribution >= 0.6 is 0 Å². The van der Waals surface area contributed by atoms with Crippen LogP contribution in [0.25, 0.3) is 11.3 Å². The summed E-state index contributed by atoms with van der Waals surface area (Å²) in [5, 5.41) is 12.9. The van der Waals surface area contributed by atoms with Gasteiger partial charge in [0, 0.05) is 11.6 Å². The molecule has 0 bridgehead atoms. The van der Waals surface area contributed by atoms with Crippen molar-refractivity contribution in [2.24, 2.45) is 0 Å². The summed E-state index contributed by atoms with van der Waals surface area (Å²) < 4.78 is 49.8. The minimum Gasteiger partial charge on any atom is -0.481 e. The highest BCUT2D eigenvalue weighted by molar-refractivity contribution is 6.03. The summed E-state index contributed by atoms with van der Waals surface area (Å²) in [5.41, 5.74) is 5.75. The quantitative estimate of drug-likeness (QED) is 0.462. The number of carbonyl (C=O) groups is 1. The van der Waals surface area contributed by atoms with E-state index in [1.807, 2.05) is 0 Å². The van der Waals surface area contributed by atoms with Gasteiger partial charge in [-0.25, -0.2) is 9.78 Å². The van der Waals surface area contributed by atoms with Crippen molar-refractivity contribution in [2.45, 2.75) is 31.2 Å². The third-order valence-corrected chi connectivity index (χ3v) is 5.68. The number of pyridine rings is 1. The van der Waals surface area contributed by atoms with Crippen molar-refractivity contribution in [2.75, 3.05) is 30.2 Å². The van der Waals surface area contributed by atoms with Gasteiger partial charge in [0.25, 0.3) is 0 Å². The second-order valence-corrected chi connectivity index (χ2v) is 7.98. The van der Waals surface area contributed by atoms with Crippen molar-refractivity contribution in [1.29, 1.82) is 0 Å². The Hall–Kier alpha value is -4.13. The van der Waals surface area contributed by atoms with Crippen molar-refractivity contribution < 1.29 is 32.5 Å². The zero-order valence-corrected chi connectivity index (χ0v) is 19.3. The lowest BCUT2D eigenvalue weighted by atomic mass is 9.87. The van der Waals surface area contributed by atoms with E-state index in [1.54, 1.807) is 0 Å². The molecule has 1 saturated carbocycles. The van der Waals surface area contributed by atoms with Gasteiger partial charge < -0.3 is 20.3 Å². The number of halogens is 3. The van der Waals surface area contributed by atoms with Crippen LogP contribution in [0.1, 0.15) is 18.4 Å². The molecule has 2 atom stereocenters. The first-order valence-corrected chi connectivity index (χ1v) is 10.8. The number of aliphatic hydroxyl groups is 1. The van der Waals surface area contributed by atoms with Gasteiger partial charge in [0.2, 0.25) is 5.88 Å². The summed E-state index contributed by atoms with van der Waals surface area (Å²) in [6.07, 6.45) is -4.46. The Morgan fingerprint density at radius 2 is 1.89 bits per heavy atom. The average molecular weight is 504 g/mol. The lowest BCUT2D eigenvalue weighted by molar-refractivity contribution is -0.137. The van der Waals surface area contributed by atoms with Crippen LogP contribution in [0.3, 0.4) is 0 Å². The number of nitrogens with two attached hydrogens (primary N) is 1. The lowest BCUT2D eigenvalue weighted by Crippen LogP contribution is -2.55. The Balaban J connectivity index is 1.72. The van der Waals surface area contributed by atoms with Crippen molar-refractivity contribution in [3.63, 3.8) is 0 Å². The third kappa shape index (κ3) is 5.10. The molecule has 0 spiro atoms. The molecule has 1 aromatic carbocycles. The number of nitrogen functional groups attached to an aromatic ring is 1. The zero-order valence-electron chi connectivity index (χ0n) is 19.3. The molecule has 13 heteroatoms. The molecule has 0 saturated heterocycles. The molecule has 4 N–H and O–H groups in total. The number of amides is 2. The van der Waals surface area contributed by atoms with Crippen molar-refractivity contribution >= 4 is 23.4 Å². The number of aliphatic hydroxyl groups excluding tert-OH is 1. The maximum Gasteiger partial charge on any atom is 0.416 e. The molecule has 0 aliphatic heterocycles. The lowest BCUT2D eigenvalue weighted by Gasteiger charge is -2.41. The molecule has 0 radical (unpaired) electrons. The fourth-order valence-corrected chi connectivity index (χ4v) is 3.67. The summed E-state index contributed by atoms with van der Waals surface area (Å²) in [7, 11) is 2.73. The molecule has 190 valence electrons. The first kappa shape index (κ1) is 25.0. The molecule has 10 nitrogen and oxygen atoms in total. The smallest absolute Gasteiger partial charge is 0.416 e. The van der Waals surface area contributed by atoms with Crippen molar-refractivity contribution in [3.8, 4) is 23.1 Å². The minimum absolute atomic E-state index is 0.0147.